The Kier molecular flexibility index (Phi) is 8.10. The molecule has 2 aliphatic rings. The summed E-state index contributed by atoms with van der Waals surface area (Å²) in [7, 11) is 1.49. The molecule has 2 aromatic rings. The lowest BCUT2D eigenvalue weighted by atomic mass is 9.89. The van der Waals surface area contributed by atoms with Crippen molar-refractivity contribution in [2.24, 2.45) is 0 Å². The summed E-state index contributed by atoms with van der Waals surface area (Å²) in [5.41, 5.74) is -2.14. The van der Waals surface area contributed by atoms with E-state index in [1.807, 2.05) is 0 Å². The van der Waals surface area contributed by atoms with Crippen LogP contribution in [0.1, 0.15) is 56.0 Å². The Morgan fingerprint density at radius 2 is 2.00 bits per heavy atom. The summed E-state index contributed by atoms with van der Waals surface area (Å²) in [4.78, 5) is 24.7. The lowest BCUT2D eigenvalue weighted by Crippen LogP contribution is -2.65. The number of hydrogen-bond donors (Lipinski definition) is 2. The molecule has 0 amide bonds. The highest BCUT2D eigenvalue weighted by Crippen LogP contribution is 2.38. The van der Waals surface area contributed by atoms with Crippen LogP contribution in [0.4, 0.5) is 0 Å². The number of aliphatic hydroxyl groups excluding tert-OH is 1. The van der Waals surface area contributed by atoms with Gasteiger partial charge in [0.15, 0.2) is 18.0 Å². The van der Waals surface area contributed by atoms with E-state index in [2.05, 4.69) is 0 Å². The van der Waals surface area contributed by atoms with E-state index in [-0.39, 0.29) is 23.3 Å². The van der Waals surface area contributed by atoms with Gasteiger partial charge in [-0.1, -0.05) is 0 Å². The van der Waals surface area contributed by atoms with Crippen LogP contribution >= 0.6 is 0 Å². The number of fused-ring (bicyclic) bond motifs is 1. The average Bonchev–Trinajstić information content (AvgIpc) is 2.84. The van der Waals surface area contributed by atoms with Gasteiger partial charge in [0.1, 0.15) is 29.3 Å². The smallest absolute Gasteiger partial charge is 0.354 e. The number of methoxy groups -OCH3 is 1. The predicted molar refractivity (Wildman–Crippen MR) is 130 cm³/mol. The third-order valence-corrected chi connectivity index (χ3v) is 6.69. The molecule has 2 fully saturated rings. The van der Waals surface area contributed by atoms with E-state index < -0.39 is 59.4 Å². The number of aliphatic hydroxyl groups is 1. The van der Waals surface area contributed by atoms with Crippen LogP contribution in [0.2, 0.25) is 0 Å². The van der Waals surface area contributed by atoms with Gasteiger partial charge < -0.3 is 43.1 Å². The number of aromatic hydroxyl groups is 1. The van der Waals surface area contributed by atoms with E-state index in [1.165, 1.54) is 13.2 Å². The number of benzene rings is 1. The molecule has 2 saturated heterocycles. The molecule has 0 saturated carbocycles. The van der Waals surface area contributed by atoms with Gasteiger partial charge in [-0.2, -0.15) is 0 Å². The fraction of sp³-hybridized carbons (Fsp3) is 0.615. The molecule has 2 N–H and O–H groups in total. The van der Waals surface area contributed by atoms with Crippen molar-refractivity contribution in [3.63, 3.8) is 0 Å². The van der Waals surface area contributed by atoms with Gasteiger partial charge in [-0.25, -0.2) is 9.59 Å². The van der Waals surface area contributed by atoms with Crippen LogP contribution in [-0.4, -0.2) is 73.0 Å². The monoisotopic (exact) mass is 522 g/mol. The summed E-state index contributed by atoms with van der Waals surface area (Å²) in [6.45, 7) is 7.35. The standard InChI is InChI=1S/C26H34O11/c1-6-32-23(29)17-18(27)14-10-11-15(13(2)20(14)36-24(17)30)34-25-21(35-16-9-7-8-12-33-16)19(28)22(31-5)26(3,4)37-25/h10-11,16,19,21-22,25,27-28H,6-9,12H2,1-5H3/t16?,19-,21+,22+,25+/m0/s1. The zero-order valence-electron chi connectivity index (χ0n) is 21.6. The second-order valence-corrected chi connectivity index (χ2v) is 9.65. The van der Waals surface area contributed by atoms with Gasteiger partial charge >= 0.3 is 11.6 Å². The van der Waals surface area contributed by atoms with Crippen molar-refractivity contribution in [2.45, 2.75) is 83.5 Å². The van der Waals surface area contributed by atoms with Gasteiger partial charge in [-0.15, -0.1) is 0 Å². The molecular formula is C26H34O11. The molecule has 1 aromatic carbocycles. The molecule has 0 spiro atoms. The van der Waals surface area contributed by atoms with Crippen LogP contribution in [-0.2, 0) is 23.7 Å². The van der Waals surface area contributed by atoms with Crippen molar-refractivity contribution in [1.82, 2.24) is 0 Å². The summed E-state index contributed by atoms with van der Waals surface area (Å²) < 4.78 is 40.0. The highest BCUT2D eigenvalue weighted by Gasteiger charge is 2.52. The van der Waals surface area contributed by atoms with Gasteiger partial charge in [-0.05, 0) is 59.1 Å². The van der Waals surface area contributed by atoms with E-state index in [0.717, 1.165) is 12.8 Å². The van der Waals surface area contributed by atoms with Gasteiger partial charge in [0.25, 0.3) is 0 Å². The maximum Gasteiger partial charge on any atom is 0.354 e. The minimum Gasteiger partial charge on any atom is -0.506 e. The Balaban J connectivity index is 1.69. The Labute approximate surface area is 214 Å². The first-order valence-electron chi connectivity index (χ1n) is 12.4. The Morgan fingerprint density at radius 1 is 1.24 bits per heavy atom. The number of carbonyl (C=O) groups excluding carboxylic acids is 1. The number of rotatable bonds is 7. The summed E-state index contributed by atoms with van der Waals surface area (Å²) >= 11 is 0. The van der Waals surface area contributed by atoms with E-state index in [9.17, 15) is 19.8 Å². The first-order chi connectivity index (χ1) is 17.6. The molecule has 11 heteroatoms. The zero-order valence-corrected chi connectivity index (χ0v) is 21.6. The lowest BCUT2D eigenvalue weighted by Gasteiger charge is -2.48. The number of hydrogen-bond acceptors (Lipinski definition) is 11. The number of aryl methyl sites for hydroxylation is 1. The Hall–Kier alpha value is -2.70. The number of esters is 1. The number of carbonyl (C=O) groups is 1. The van der Waals surface area contributed by atoms with Crippen molar-refractivity contribution in [3.8, 4) is 11.5 Å². The summed E-state index contributed by atoms with van der Waals surface area (Å²) in [6, 6.07) is 3.01. The molecule has 11 nitrogen and oxygen atoms in total. The van der Waals surface area contributed by atoms with E-state index >= 15 is 0 Å². The molecule has 5 atom stereocenters. The first-order valence-corrected chi connectivity index (χ1v) is 12.4. The largest absolute Gasteiger partial charge is 0.506 e. The molecule has 0 bridgehead atoms. The Morgan fingerprint density at radius 3 is 2.65 bits per heavy atom. The Bertz CT molecular complexity index is 1180. The fourth-order valence-electron chi connectivity index (χ4n) is 4.83. The van der Waals surface area contributed by atoms with Crippen molar-refractivity contribution in [3.05, 3.63) is 33.7 Å². The van der Waals surface area contributed by atoms with Crippen LogP contribution in [0.15, 0.2) is 21.3 Å². The quantitative estimate of drug-likeness (QED) is 0.409. The molecule has 1 unspecified atom stereocenters. The summed E-state index contributed by atoms with van der Waals surface area (Å²) in [5.74, 6) is -1.25. The van der Waals surface area contributed by atoms with Gasteiger partial charge in [0.2, 0.25) is 6.29 Å². The highest BCUT2D eigenvalue weighted by molar-refractivity contribution is 5.99. The summed E-state index contributed by atoms with van der Waals surface area (Å²) in [6.07, 6.45) is -1.83. The van der Waals surface area contributed by atoms with Crippen LogP contribution in [0.3, 0.4) is 0 Å². The first kappa shape index (κ1) is 27.3. The maximum atomic E-state index is 12.5. The topological polar surface area (TPSA) is 143 Å². The number of ether oxygens (including phenoxy) is 6. The molecule has 204 valence electrons. The molecule has 0 aliphatic carbocycles. The normalized spacial score (nSPS) is 27.7. The van der Waals surface area contributed by atoms with Crippen molar-refractivity contribution in [2.75, 3.05) is 20.3 Å². The van der Waals surface area contributed by atoms with Crippen LogP contribution in [0.5, 0.6) is 11.5 Å². The minimum atomic E-state index is -1.10. The highest BCUT2D eigenvalue weighted by atomic mass is 16.7. The van der Waals surface area contributed by atoms with Gasteiger partial charge in [-0.3, -0.25) is 0 Å². The van der Waals surface area contributed by atoms with E-state index in [1.54, 1.807) is 33.8 Å². The van der Waals surface area contributed by atoms with E-state index in [0.29, 0.717) is 18.6 Å². The van der Waals surface area contributed by atoms with Crippen LogP contribution in [0.25, 0.3) is 11.0 Å². The lowest BCUT2D eigenvalue weighted by molar-refractivity contribution is -0.339. The third kappa shape index (κ3) is 5.32. The molecule has 2 aliphatic heterocycles. The van der Waals surface area contributed by atoms with Crippen LogP contribution < -0.4 is 10.4 Å². The molecular weight excluding hydrogens is 488 g/mol. The molecule has 1 aromatic heterocycles. The molecule has 37 heavy (non-hydrogen) atoms. The van der Waals surface area contributed by atoms with Gasteiger partial charge in [0.05, 0.1) is 17.6 Å². The second kappa shape index (κ2) is 11.0. The van der Waals surface area contributed by atoms with E-state index in [4.69, 9.17) is 32.8 Å². The molecule has 3 heterocycles. The van der Waals surface area contributed by atoms with Crippen molar-refractivity contribution < 1.29 is 47.8 Å². The fourth-order valence-corrected chi connectivity index (χ4v) is 4.83. The zero-order chi connectivity index (χ0) is 26.9. The molecule has 4 rings (SSSR count). The van der Waals surface area contributed by atoms with Crippen molar-refractivity contribution >= 4 is 16.9 Å². The second-order valence-electron chi connectivity index (χ2n) is 9.65. The molecule has 0 radical (unpaired) electrons. The van der Waals surface area contributed by atoms with Gasteiger partial charge in [0, 0.05) is 19.3 Å². The summed E-state index contributed by atoms with van der Waals surface area (Å²) in [5, 5.41) is 22.0. The average molecular weight is 523 g/mol. The predicted octanol–water partition coefficient (Wildman–Crippen LogP) is 2.79. The van der Waals surface area contributed by atoms with Crippen molar-refractivity contribution in [1.29, 1.82) is 0 Å². The van der Waals surface area contributed by atoms with Crippen LogP contribution in [0, 0.1) is 6.92 Å². The SMILES string of the molecule is CCOC(=O)c1c(O)c2ccc(O[C@@H]3OC(C)(C)[C@H](OC)[C@@H](O)[C@H]3OC3CCCCO3)c(C)c2oc1=O. The minimum absolute atomic E-state index is 0.0320. The third-order valence-electron chi connectivity index (χ3n) is 6.69. The maximum absolute atomic E-state index is 12.5.